The van der Waals surface area contributed by atoms with Crippen LogP contribution in [0.3, 0.4) is 0 Å². The summed E-state index contributed by atoms with van der Waals surface area (Å²) >= 11 is 0. The van der Waals surface area contributed by atoms with E-state index in [1.165, 1.54) is 36.5 Å². The molecule has 1 fully saturated rings. The van der Waals surface area contributed by atoms with E-state index in [1.54, 1.807) is 6.07 Å². The number of amides is 1. The molecule has 0 saturated heterocycles. The van der Waals surface area contributed by atoms with Gasteiger partial charge in [0.1, 0.15) is 11.6 Å². The number of carbonyl (C=O) groups excluding carboxylic acids is 1. The number of halogens is 4. The van der Waals surface area contributed by atoms with Crippen LogP contribution in [0.1, 0.15) is 44.6 Å². The molecule has 0 bridgehead atoms. The molecule has 0 radical (unpaired) electrons. The predicted molar refractivity (Wildman–Crippen MR) is 146 cm³/mol. The minimum Gasteiger partial charge on any atom is -0.376 e. The van der Waals surface area contributed by atoms with Gasteiger partial charge in [-0.25, -0.2) is 14.4 Å². The third kappa shape index (κ3) is 5.78. The quantitative estimate of drug-likeness (QED) is 0.207. The second kappa shape index (κ2) is 10.9. The Balaban J connectivity index is 1.46. The van der Waals surface area contributed by atoms with Crippen molar-refractivity contribution in [2.75, 3.05) is 10.6 Å². The molecular weight excluding hydrogens is 542 g/mol. The number of pyridine rings is 3. The Bertz CT molecular complexity index is 1650. The van der Waals surface area contributed by atoms with Crippen LogP contribution in [-0.4, -0.2) is 32.1 Å². The number of aromatic amines is 1. The molecule has 1 aliphatic rings. The summed E-state index contributed by atoms with van der Waals surface area (Å²) in [6.45, 7) is 0.626. The first-order valence-electron chi connectivity index (χ1n) is 13.1. The number of anilines is 3. The summed E-state index contributed by atoms with van der Waals surface area (Å²) in [5.41, 5.74) is -3.06. The smallest absolute Gasteiger partial charge is 0.376 e. The number of carbonyl (C=O) groups is 1. The van der Waals surface area contributed by atoms with E-state index in [4.69, 9.17) is 0 Å². The third-order valence-electron chi connectivity index (χ3n) is 7.36. The Morgan fingerprint density at radius 3 is 2.49 bits per heavy atom. The second-order valence-electron chi connectivity index (χ2n) is 10.3. The highest BCUT2D eigenvalue weighted by atomic mass is 19.4. The molecule has 3 aromatic heterocycles. The van der Waals surface area contributed by atoms with Gasteiger partial charge < -0.3 is 20.7 Å². The van der Waals surface area contributed by atoms with Crippen molar-refractivity contribution in [3.8, 4) is 11.3 Å². The van der Waals surface area contributed by atoms with Crippen LogP contribution < -0.4 is 16.2 Å². The fourth-order valence-corrected chi connectivity index (χ4v) is 4.90. The zero-order chi connectivity index (χ0) is 29.4. The number of H-pyrrole nitrogens is 1. The Labute approximate surface area is 231 Å². The largest absolute Gasteiger partial charge is 0.421 e. The molecule has 1 aliphatic carbocycles. The summed E-state index contributed by atoms with van der Waals surface area (Å²) in [7, 11) is 0. The highest BCUT2D eigenvalue weighted by molar-refractivity contribution is 5.95. The summed E-state index contributed by atoms with van der Waals surface area (Å²) in [6.07, 6.45) is 2.06. The number of rotatable bonds is 6. The molecule has 5 rings (SSSR count). The molecule has 1 saturated carbocycles. The lowest BCUT2D eigenvalue weighted by atomic mass is 9.88. The minimum atomic E-state index is -4.91. The van der Waals surface area contributed by atoms with Gasteiger partial charge in [-0.05, 0) is 56.2 Å². The van der Waals surface area contributed by atoms with Crippen molar-refractivity contribution < 1.29 is 27.5 Å². The molecule has 8 nitrogen and oxygen atoms in total. The first-order valence-corrected chi connectivity index (χ1v) is 13.1. The van der Waals surface area contributed by atoms with Crippen molar-refractivity contribution in [3.05, 3.63) is 76.6 Å². The number of hydrogen-bond donors (Lipinski definition) is 4. The van der Waals surface area contributed by atoms with Gasteiger partial charge in [0, 0.05) is 35.1 Å². The SMILES string of the molecule is CC(O)(c1ccc(Nc2cc(-c3ccc(NC(=O)C4CCCCC4)cc3F)nc3cc[nH]c(=O)c23)nc1)C(F)(F)F. The molecule has 0 spiro atoms. The van der Waals surface area contributed by atoms with Gasteiger partial charge in [0.2, 0.25) is 5.91 Å². The van der Waals surface area contributed by atoms with Crippen molar-refractivity contribution in [1.29, 1.82) is 0 Å². The van der Waals surface area contributed by atoms with Crippen LogP contribution in [-0.2, 0) is 10.4 Å². The lowest BCUT2D eigenvalue weighted by Crippen LogP contribution is -2.39. The molecule has 1 unspecified atom stereocenters. The molecule has 4 N–H and O–H groups in total. The van der Waals surface area contributed by atoms with E-state index in [2.05, 4.69) is 25.6 Å². The topological polar surface area (TPSA) is 120 Å². The molecule has 1 aromatic carbocycles. The van der Waals surface area contributed by atoms with Gasteiger partial charge in [-0.1, -0.05) is 25.3 Å². The maximum absolute atomic E-state index is 15.3. The number of nitrogens with zero attached hydrogens (tertiary/aromatic N) is 2. The van der Waals surface area contributed by atoms with E-state index in [0.29, 0.717) is 12.6 Å². The summed E-state index contributed by atoms with van der Waals surface area (Å²) in [6, 6.07) is 9.50. The van der Waals surface area contributed by atoms with Crippen LogP contribution >= 0.6 is 0 Å². The van der Waals surface area contributed by atoms with Crippen LogP contribution in [0.2, 0.25) is 0 Å². The van der Waals surface area contributed by atoms with E-state index >= 15 is 4.39 Å². The number of aromatic nitrogens is 3. The number of hydrogen-bond acceptors (Lipinski definition) is 6. The molecule has 214 valence electrons. The van der Waals surface area contributed by atoms with Crippen molar-refractivity contribution >= 4 is 34.0 Å². The van der Waals surface area contributed by atoms with Gasteiger partial charge in [0.15, 0.2) is 5.60 Å². The van der Waals surface area contributed by atoms with E-state index in [-0.39, 0.29) is 45.5 Å². The lowest BCUT2D eigenvalue weighted by Gasteiger charge is -2.26. The normalized spacial score (nSPS) is 15.9. The van der Waals surface area contributed by atoms with Crippen LogP contribution in [0, 0.1) is 11.7 Å². The van der Waals surface area contributed by atoms with Crippen LogP contribution in [0.4, 0.5) is 34.8 Å². The van der Waals surface area contributed by atoms with Crippen molar-refractivity contribution in [1.82, 2.24) is 15.0 Å². The molecule has 1 amide bonds. The van der Waals surface area contributed by atoms with E-state index < -0.39 is 28.7 Å². The number of benzene rings is 1. The number of fused-ring (bicyclic) bond motifs is 1. The number of alkyl halides is 3. The molecule has 4 aromatic rings. The Hall–Kier alpha value is -4.32. The zero-order valence-electron chi connectivity index (χ0n) is 22.0. The fourth-order valence-electron chi connectivity index (χ4n) is 4.90. The van der Waals surface area contributed by atoms with Crippen LogP contribution in [0.5, 0.6) is 0 Å². The van der Waals surface area contributed by atoms with Crippen LogP contribution in [0.15, 0.2) is 59.7 Å². The zero-order valence-corrected chi connectivity index (χ0v) is 22.0. The molecular formula is C29H27F4N5O3. The summed E-state index contributed by atoms with van der Waals surface area (Å²) in [4.78, 5) is 36.2. The molecule has 3 heterocycles. The molecule has 1 atom stereocenters. The first kappa shape index (κ1) is 28.2. The van der Waals surface area contributed by atoms with Crippen molar-refractivity contribution in [2.45, 2.75) is 50.8 Å². The maximum Gasteiger partial charge on any atom is 0.421 e. The Kier molecular flexibility index (Phi) is 7.52. The first-order chi connectivity index (χ1) is 19.4. The van der Waals surface area contributed by atoms with Gasteiger partial charge in [0.05, 0.1) is 22.3 Å². The standard InChI is InChI=1S/C29H27F4N5O3/c1-28(41,29(31,32)33)17-7-10-24(35-15-17)38-23-14-22(37-21-11-12-34-27(40)25(21)23)19-9-8-18(13-20(19)30)36-26(39)16-5-3-2-4-6-16/h7-16,41H,2-6H2,1H3,(H,34,40)(H,36,39)(H,35,37,38). The predicted octanol–water partition coefficient (Wildman–Crippen LogP) is 6.16. The number of aliphatic hydroxyl groups is 1. The Morgan fingerprint density at radius 1 is 1.07 bits per heavy atom. The molecule has 12 heteroatoms. The summed E-state index contributed by atoms with van der Waals surface area (Å²) < 4.78 is 54.9. The average Bonchev–Trinajstić information content (AvgIpc) is 2.93. The van der Waals surface area contributed by atoms with Gasteiger partial charge in [-0.2, -0.15) is 13.2 Å². The Morgan fingerprint density at radius 2 is 1.83 bits per heavy atom. The third-order valence-corrected chi connectivity index (χ3v) is 7.36. The summed E-state index contributed by atoms with van der Waals surface area (Å²) in [5.74, 6) is -0.801. The van der Waals surface area contributed by atoms with Crippen molar-refractivity contribution in [3.63, 3.8) is 0 Å². The molecule has 0 aliphatic heterocycles. The average molecular weight is 570 g/mol. The van der Waals surface area contributed by atoms with E-state index in [0.717, 1.165) is 44.4 Å². The van der Waals surface area contributed by atoms with Crippen LogP contribution in [0.25, 0.3) is 22.2 Å². The molecule has 41 heavy (non-hydrogen) atoms. The second-order valence-corrected chi connectivity index (χ2v) is 10.3. The maximum atomic E-state index is 15.3. The van der Waals surface area contributed by atoms with Gasteiger partial charge in [0.25, 0.3) is 5.56 Å². The monoisotopic (exact) mass is 569 g/mol. The van der Waals surface area contributed by atoms with Gasteiger partial charge >= 0.3 is 6.18 Å². The van der Waals surface area contributed by atoms with Gasteiger partial charge in [-0.3, -0.25) is 9.59 Å². The van der Waals surface area contributed by atoms with E-state index in [1.807, 2.05) is 0 Å². The highest BCUT2D eigenvalue weighted by Gasteiger charge is 2.51. The minimum absolute atomic E-state index is 0.0784. The van der Waals surface area contributed by atoms with Gasteiger partial charge in [-0.15, -0.1) is 0 Å². The van der Waals surface area contributed by atoms with E-state index in [9.17, 15) is 27.9 Å². The summed E-state index contributed by atoms with van der Waals surface area (Å²) in [5, 5.41) is 15.7. The highest BCUT2D eigenvalue weighted by Crippen LogP contribution is 2.38. The fraction of sp³-hybridized carbons (Fsp3) is 0.310. The number of nitrogens with one attached hydrogen (secondary N) is 3. The van der Waals surface area contributed by atoms with Crippen molar-refractivity contribution in [2.24, 2.45) is 5.92 Å². The lowest BCUT2D eigenvalue weighted by molar-refractivity contribution is -0.259.